The maximum atomic E-state index is 13.2. The van der Waals surface area contributed by atoms with Crippen LogP contribution in [-0.4, -0.2) is 19.6 Å². The molecule has 0 aliphatic carbocycles. The molecule has 0 fully saturated rings. The number of carbonyl (C=O) groups excluding carboxylic acids is 1. The molecule has 1 rings (SSSR count). The van der Waals surface area contributed by atoms with Crippen molar-refractivity contribution in [1.82, 2.24) is 5.32 Å². The minimum atomic E-state index is -0.430. The van der Waals surface area contributed by atoms with E-state index >= 15 is 0 Å². The van der Waals surface area contributed by atoms with Crippen molar-refractivity contribution in [1.29, 1.82) is 0 Å². The quantitative estimate of drug-likeness (QED) is 0.857. The number of amides is 1. The second kappa shape index (κ2) is 5.68. The molecule has 1 amide bonds. The molecule has 0 aliphatic rings. The van der Waals surface area contributed by atoms with Crippen LogP contribution in [-0.2, 0) is 16.1 Å². The Bertz CT molecular complexity index is 357. The summed E-state index contributed by atoms with van der Waals surface area (Å²) in [5.74, 6) is -0.716. The Kier molecular flexibility index (Phi) is 4.52. The van der Waals surface area contributed by atoms with Gasteiger partial charge in [-0.2, -0.15) is 0 Å². The van der Waals surface area contributed by atoms with Crippen molar-refractivity contribution in [3.8, 4) is 0 Å². The van der Waals surface area contributed by atoms with Crippen LogP contribution in [0.15, 0.2) is 18.2 Å². The van der Waals surface area contributed by atoms with E-state index in [2.05, 4.69) is 10.1 Å². The SMILES string of the molecule is COCC(=O)NCc1ccc(Cl)cc1F. The van der Waals surface area contributed by atoms with Crippen LogP contribution in [0.3, 0.4) is 0 Å². The smallest absolute Gasteiger partial charge is 0.246 e. The number of nitrogens with one attached hydrogen (secondary N) is 1. The second-order valence-electron chi connectivity index (χ2n) is 2.95. The van der Waals surface area contributed by atoms with Crippen molar-refractivity contribution < 1.29 is 13.9 Å². The molecular formula is C10H11ClFNO2. The first-order valence-electron chi connectivity index (χ1n) is 4.33. The van der Waals surface area contributed by atoms with Crippen LogP contribution < -0.4 is 5.32 Å². The third-order valence-corrected chi connectivity index (χ3v) is 2.00. The van der Waals surface area contributed by atoms with Crippen LogP contribution >= 0.6 is 11.6 Å². The predicted molar refractivity (Wildman–Crippen MR) is 55.1 cm³/mol. The monoisotopic (exact) mass is 231 g/mol. The van der Waals surface area contributed by atoms with E-state index < -0.39 is 5.82 Å². The van der Waals surface area contributed by atoms with Gasteiger partial charge in [-0.1, -0.05) is 17.7 Å². The number of hydrogen-bond donors (Lipinski definition) is 1. The number of hydrogen-bond acceptors (Lipinski definition) is 2. The van der Waals surface area contributed by atoms with E-state index in [-0.39, 0.29) is 19.1 Å². The van der Waals surface area contributed by atoms with Gasteiger partial charge in [0, 0.05) is 24.2 Å². The van der Waals surface area contributed by atoms with E-state index in [0.29, 0.717) is 10.6 Å². The fourth-order valence-corrected chi connectivity index (χ4v) is 1.20. The molecule has 0 unspecified atom stereocenters. The maximum absolute atomic E-state index is 13.2. The highest BCUT2D eigenvalue weighted by Crippen LogP contribution is 2.14. The molecule has 0 aromatic heterocycles. The van der Waals surface area contributed by atoms with Crippen LogP contribution in [0.5, 0.6) is 0 Å². The van der Waals surface area contributed by atoms with Gasteiger partial charge >= 0.3 is 0 Å². The maximum Gasteiger partial charge on any atom is 0.246 e. The zero-order valence-corrected chi connectivity index (χ0v) is 8.97. The molecule has 15 heavy (non-hydrogen) atoms. The molecule has 82 valence electrons. The molecule has 0 radical (unpaired) electrons. The average molecular weight is 232 g/mol. The van der Waals surface area contributed by atoms with Gasteiger partial charge in [0.25, 0.3) is 0 Å². The molecular weight excluding hydrogens is 221 g/mol. The van der Waals surface area contributed by atoms with Gasteiger partial charge < -0.3 is 10.1 Å². The van der Waals surface area contributed by atoms with E-state index in [9.17, 15) is 9.18 Å². The van der Waals surface area contributed by atoms with Crippen LogP contribution in [0.25, 0.3) is 0 Å². The van der Waals surface area contributed by atoms with E-state index in [1.807, 2.05) is 0 Å². The second-order valence-corrected chi connectivity index (χ2v) is 3.38. The summed E-state index contributed by atoms with van der Waals surface area (Å²) in [6.45, 7) is 0.0976. The van der Waals surface area contributed by atoms with Gasteiger partial charge in [0.05, 0.1) is 0 Å². The average Bonchev–Trinajstić information content (AvgIpc) is 2.17. The summed E-state index contributed by atoms with van der Waals surface area (Å²) in [6.07, 6.45) is 0. The molecule has 0 saturated carbocycles. The molecule has 1 aromatic rings. The molecule has 0 heterocycles. The van der Waals surface area contributed by atoms with E-state index in [1.54, 1.807) is 6.07 Å². The van der Waals surface area contributed by atoms with Gasteiger partial charge in [-0.3, -0.25) is 4.79 Å². The van der Waals surface area contributed by atoms with Gasteiger partial charge in [-0.25, -0.2) is 4.39 Å². The lowest BCUT2D eigenvalue weighted by Crippen LogP contribution is -2.26. The molecule has 1 N–H and O–H groups in total. The molecule has 0 saturated heterocycles. The highest BCUT2D eigenvalue weighted by atomic mass is 35.5. The first kappa shape index (κ1) is 11.9. The first-order valence-corrected chi connectivity index (χ1v) is 4.71. The minimum Gasteiger partial charge on any atom is -0.375 e. The molecule has 0 spiro atoms. The predicted octanol–water partition coefficient (Wildman–Crippen LogP) is 1.74. The van der Waals surface area contributed by atoms with Crippen LogP contribution in [0.2, 0.25) is 5.02 Å². The highest BCUT2D eigenvalue weighted by molar-refractivity contribution is 6.30. The van der Waals surface area contributed by atoms with E-state index in [0.717, 1.165) is 0 Å². The van der Waals surface area contributed by atoms with Crippen LogP contribution in [0, 0.1) is 5.82 Å². The number of carbonyl (C=O) groups is 1. The summed E-state index contributed by atoms with van der Waals surface area (Å²) in [7, 11) is 1.42. The van der Waals surface area contributed by atoms with Crippen LogP contribution in [0.1, 0.15) is 5.56 Å². The van der Waals surface area contributed by atoms with Gasteiger partial charge in [-0.15, -0.1) is 0 Å². The number of halogens is 2. The zero-order chi connectivity index (χ0) is 11.3. The summed E-state index contributed by atoms with van der Waals surface area (Å²) >= 11 is 5.58. The molecule has 0 bridgehead atoms. The molecule has 0 atom stereocenters. The molecule has 1 aromatic carbocycles. The van der Waals surface area contributed by atoms with E-state index in [4.69, 9.17) is 11.6 Å². The summed E-state index contributed by atoms with van der Waals surface area (Å²) in [4.78, 5) is 11.0. The highest BCUT2D eigenvalue weighted by Gasteiger charge is 2.04. The van der Waals surface area contributed by atoms with Crippen molar-refractivity contribution in [2.24, 2.45) is 0 Å². The summed E-state index contributed by atoms with van der Waals surface area (Å²) in [5.41, 5.74) is 0.392. The number of benzene rings is 1. The van der Waals surface area contributed by atoms with Crippen molar-refractivity contribution >= 4 is 17.5 Å². The molecule has 0 aliphatic heterocycles. The first-order chi connectivity index (χ1) is 7.13. The standard InChI is InChI=1S/C10H11ClFNO2/c1-15-6-10(14)13-5-7-2-3-8(11)4-9(7)12/h2-4H,5-6H2,1H3,(H,13,14). The molecule has 3 nitrogen and oxygen atoms in total. The van der Waals surface area contributed by atoms with Crippen molar-refractivity contribution in [3.63, 3.8) is 0 Å². The van der Waals surface area contributed by atoms with Gasteiger partial charge in [0.15, 0.2) is 0 Å². The Labute approximate surface area is 92.2 Å². The zero-order valence-electron chi connectivity index (χ0n) is 8.22. The largest absolute Gasteiger partial charge is 0.375 e. The lowest BCUT2D eigenvalue weighted by molar-refractivity contribution is -0.124. The van der Waals surface area contributed by atoms with Crippen LogP contribution in [0.4, 0.5) is 4.39 Å². The fourth-order valence-electron chi connectivity index (χ4n) is 1.04. The van der Waals surface area contributed by atoms with Crippen molar-refractivity contribution in [2.75, 3.05) is 13.7 Å². The van der Waals surface area contributed by atoms with E-state index in [1.165, 1.54) is 19.2 Å². The topological polar surface area (TPSA) is 38.3 Å². The Morgan fingerprint density at radius 3 is 2.93 bits per heavy atom. The van der Waals surface area contributed by atoms with Gasteiger partial charge in [0.1, 0.15) is 12.4 Å². The van der Waals surface area contributed by atoms with Crippen molar-refractivity contribution in [2.45, 2.75) is 6.54 Å². The summed E-state index contributed by atoms with van der Waals surface area (Å²) < 4.78 is 17.8. The summed E-state index contributed by atoms with van der Waals surface area (Å²) in [5, 5.41) is 2.85. The number of rotatable bonds is 4. The lowest BCUT2D eigenvalue weighted by Gasteiger charge is -2.05. The summed E-state index contributed by atoms with van der Waals surface area (Å²) in [6, 6.07) is 4.31. The number of methoxy groups -OCH3 is 1. The fraction of sp³-hybridized carbons (Fsp3) is 0.300. The Morgan fingerprint density at radius 1 is 1.60 bits per heavy atom. The number of ether oxygens (including phenoxy) is 1. The van der Waals surface area contributed by atoms with Crippen molar-refractivity contribution in [3.05, 3.63) is 34.6 Å². The third-order valence-electron chi connectivity index (χ3n) is 1.77. The van der Waals surface area contributed by atoms with Gasteiger partial charge in [0.2, 0.25) is 5.91 Å². The third kappa shape index (κ3) is 3.85. The normalized spacial score (nSPS) is 10.1. The van der Waals surface area contributed by atoms with Gasteiger partial charge in [-0.05, 0) is 12.1 Å². The Balaban J connectivity index is 2.54. The lowest BCUT2D eigenvalue weighted by atomic mass is 10.2. The Hall–Kier alpha value is -1.13. The Morgan fingerprint density at radius 2 is 2.33 bits per heavy atom. The minimum absolute atomic E-state index is 0.0325. The molecule has 5 heteroatoms.